The van der Waals surface area contributed by atoms with Gasteiger partial charge >= 0.3 is 0 Å². The Balaban J connectivity index is 2.15. The molecule has 100 valence electrons. The van der Waals surface area contributed by atoms with E-state index in [-0.39, 0.29) is 18.2 Å². The highest BCUT2D eigenvalue weighted by atomic mass is 32.1. The van der Waals surface area contributed by atoms with Gasteiger partial charge < -0.3 is 16.4 Å². The Kier molecular flexibility index (Phi) is 6.13. The van der Waals surface area contributed by atoms with Gasteiger partial charge in [0.25, 0.3) is 0 Å². The zero-order valence-corrected chi connectivity index (χ0v) is 11.2. The third kappa shape index (κ3) is 5.62. The molecule has 4 N–H and O–H groups in total. The molecule has 0 unspecified atom stereocenters. The van der Waals surface area contributed by atoms with Crippen LogP contribution in [0.15, 0.2) is 5.38 Å². The molecule has 0 aromatic carbocycles. The van der Waals surface area contributed by atoms with E-state index in [0.717, 1.165) is 6.42 Å². The van der Waals surface area contributed by atoms with Gasteiger partial charge in [-0.05, 0) is 6.42 Å². The number of rotatable bonds is 7. The third-order valence-electron chi connectivity index (χ3n) is 2.16. The predicted molar refractivity (Wildman–Crippen MR) is 71.2 cm³/mol. The summed E-state index contributed by atoms with van der Waals surface area (Å²) in [6.45, 7) is 3.00. The smallest absolute Gasteiger partial charge is 0.226 e. The lowest BCUT2D eigenvalue weighted by Gasteiger charge is -2.05. The van der Waals surface area contributed by atoms with Crippen molar-refractivity contribution in [3.8, 4) is 0 Å². The average molecular weight is 270 g/mol. The fraction of sp³-hybridized carbons (Fsp3) is 0.545. The molecule has 0 aliphatic rings. The molecule has 0 spiro atoms. The summed E-state index contributed by atoms with van der Waals surface area (Å²) in [4.78, 5) is 26.7. The molecule has 0 fully saturated rings. The van der Waals surface area contributed by atoms with Crippen molar-refractivity contribution in [2.45, 2.75) is 26.2 Å². The molecule has 0 saturated heterocycles. The number of carbonyl (C=O) groups is 2. The Bertz CT molecular complexity index is 406. The molecule has 1 heterocycles. The number of amides is 2. The van der Waals surface area contributed by atoms with Gasteiger partial charge in [0, 0.05) is 24.9 Å². The van der Waals surface area contributed by atoms with Gasteiger partial charge in [-0.2, -0.15) is 0 Å². The van der Waals surface area contributed by atoms with Gasteiger partial charge in [0.15, 0.2) is 5.13 Å². The Morgan fingerprint density at radius 1 is 1.33 bits per heavy atom. The quantitative estimate of drug-likeness (QED) is 0.664. The largest absolute Gasteiger partial charge is 0.375 e. The van der Waals surface area contributed by atoms with Crippen molar-refractivity contribution in [2.75, 3.05) is 18.8 Å². The first-order valence-electron chi connectivity index (χ1n) is 5.85. The zero-order chi connectivity index (χ0) is 13.4. The zero-order valence-electron chi connectivity index (χ0n) is 10.4. The van der Waals surface area contributed by atoms with E-state index in [1.165, 1.54) is 11.3 Å². The SMILES string of the molecule is CCCNC(=O)CCNC(=O)Cc1csc(N)n1. The average Bonchev–Trinajstić information content (AvgIpc) is 2.72. The van der Waals surface area contributed by atoms with Crippen molar-refractivity contribution < 1.29 is 9.59 Å². The minimum Gasteiger partial charge on any atom is -0.375 e. The van der Waals surface area contributed by atoms with Gasteiger partial charge in [-0.1, -0.05) is 6.92 Å². The van der Waals surface area contributed by atoms with Gasteiger partial charge in [-0.25, -0.2) is 4.98 Å². The number of anilines is 1. The molecule has 0 aliphatic carbocycles. The monoisotopic (exact) mass is 270 g/mol. The van der Waals surface area contributed by atoms with Crippen LogP contribution in [-0.2, 0) is 16.0 Å². The molecular formula is C11H18N4O2S. The molecule has 0 atom stereocenters. The molecule has 1 aromatic heterocycles. The minimum atomic E-state index is -0.149. The van der Waals surface area contributed by atoms with E-state index >= 15 is 0 Å². The van der Waals surface area contributed by atoms with Crippen LogP contribution in [0.5, 0.6) is 0 Å². The van der Waals surface area contributed by atoms with E-state index in [0.29, 0.717) is 30.3 Å². The predicted octanol–water partition coefficient (Wildman–Crippen LogP) is 0.300. The van der Waals surface area contributed by atoms with Crippen molar-refractivity contribution in [2.24, 2.45) is 0 Å². The maximum Gasteiger partial charge on any atom is 0.226 e. The Hall–Kier alpha value is -1.63. The summed E-state index contributed by atoms with van der Waals surface area (Å²) in [5.41, 5.74) is 6.12. The van der Waals surface area contributed by atoms with E-state index in [1.54, 1.807) is 5.38 Å². The second-order valence-electron chi connectivity index (χ2n) is 3.80. The maximum absolute atomic E-state index is 11.5. The highest BCUT2D eigenvalue weighted by Gasteiger charge is 2.07. The summed E-state index contributed by atoms with van der Waals surface area (Å²) in [6.07, 6.45) is 1.40. The lowest BCUT2D eigenvalue weighted by atomic mass is 10.3. The molecule has 0 saturated carbocycles. The molecule has 2 amide bonds. The van der Waals surface area contributed by atoms with Gasteiger partial charge in [0.2, 0.25) is 11.8 Å². The van der Waals surface area contributed by atoms with Crippen molar-refractivity contribution in [3.05, 3.63) is 11.1 Å². The van der Waals surface area contributed by atoms with Crippen LogP contribution in [0.4, 0.5) is 5.13 Å². The second kappa shape index (κ2) is 7.65. The van der Waals surface area contributed by atoms with Crippen LogP contribution in [0, 0.1) is 0 Å². The van der Waals surface area contributed by atoms with E-state index in [2.05, 4.69) is 15.6 Å². The number of hydrogen-bond acceptors (Lipinski definition) is 5. The first-order chi connectivity index (χ1) is 8.61. The molecule has 0 radical (unpaired) electrons. The molecule has 0 bridgehead atoms. The topological polar surface area (TPSA) is 97.1 Å². The Morgan fingerprint density at radius 3 is 2.67 bits per heavy atom. The van der Waals surface area contributed by atoms with Gasteiger partial charge in [0.05, 0.1) is 12.1 Å². The summed E-state index contributed by atoms with van der Waals surface area (Å²) in [5.74, 6) is -0.196. The lowest BCUT2D eigenvalue weighted by Crippen LogP contribution is -2.31. The fourth-order valence-electron chi connectivity index (χ4n) is 1.30. The lowest BCUT2D eigenvalue weighted by molar-refractivity contribution is -0.122. The fourth-order valence-corrected chi connectivity index (χ4v) is 1.86. The van der Waals surface area contributed by atoms with Crippen LogP contribution in [0.25, 0.3) is 0 Å². The number of thiazole rings is 1. The third-order valence-corrected chi connectivity index (χ3v) is 2.88. The van der Waals surface area contributed by atoms with Crippen molar-refractivity contribution in [1.82, 2.24) is 15.6 Å². The molecule has 18 heavy (non-hydrogen) atoms. The van der Waals surface area contributed by atoms with E-state index in [1.807, 2.05) is 6.92 Å². The Labute approximate surface area is 110 Å². The van der Waals surface area contributed by atoms with Crippen LogP contribution >= 0.6 is 11.3 Å². The number of carbonyl (C=O) groups excluding carboxylic acids is 2. The molecule has 1 rings (SSSR count). The molecule has 0 aliphatic heterocycles. The van der Waals surface area contributed by atoms with E-state index < -0.39 is 0 Å². The highest BCUT2D eigenvalue weighted by molar-refractivity contribution is 7.13. The summed E-state index contributed by atoms with van der Waals surface area (Å²) >= 11 is 1.31. The van der Waals surface area contributed by atoms with Crippen molar-refractivity contribution in [1.29, 1.82) is 0 Å². The number of nitrogens with zero attached hydrogens (tertiary/aromatic N) is 1. The standard InChI is InChI=1S/C11H18N4O2S/c1-2-4-13-9(16)3-5-14-10(17)6-8-7-18-11(12)15-8/h7H,2-6H2,1H3,(H2,12,15)(H,13,16)(H,14,17). The summed E-state index contributed by atoms with van der Waals surface area (Å²) in [5, 5.41) is 7.62. The first kappa shape index (κ1) is 14.4. The number of aromatic nitrogens is 1. The second-order valence-corrected chi connectivity index (χ2v) is 4.69. The van der Waals surface area contributed by atoms with Crippen LogP contribution in [-0.4, -0.2) is 29.9 Å². The summed E-state index contributed by atoms with van der Waals surface area (Å²) < 4.78 is 0. The van der Waals surface area contributed by atoms with Crippen LogP contribution in [0.3, 0.4) is 0 Å². The van der Waals surface area contributed by atoms with Crippen LogP contribution < -0.4 is 16.4 Å². The summed E-state index contributed by atoms with van der Waals surface area (Å²) in [7, 11) is 0. The van der Waals surface area contributed by atoms with Gasteiger partial charge in [-0.15, -0.1) is 11.3 Å². The maximum atomic E-state index is 11.5. The Morgan fingerprint density at radius 2 is 2.06 bits per heavy atom. The van der Waals surface area contributed by atoms with Crippen molar-refractivity contribution in [3.63, 3.8) is 0 Å². The number of nitrogen functional groups attached to an aromatic ring is 1. The molecule has 6 nitrogen and oxygen atoms in total. The first-order valence-corrected chi connectivity index (χ1v) is 6.73. The normalized spacial score (nSPS) is 10.1. The number of hydrogen-bond donors (Lipinski definition) is 3. The van der Waals surface area contributed by atoms with Crippen molar-refractivity contribution >= 4 is 28.3 Å². The van der Waals surface area contributed by atoms with E-state index in [9.17, 15) is 9.59 Å². The van der Waals surface area contributed by atoms with Gasteiger partial charge in [-0.3, -0.25) is 9.59 Å². The summed E-state index contributed by atoms with van der Waals surface area (Å²) in [6, 6.07) is 0. The highest BCUT2D eigenvalue weighted by Crippen LogP contribution is 2.11. The minimum absolute atomic E-state index is 0.0462. The number of nitrogens with one attached hydrogen (secondary N) is 2. The van der Waals surface area contributed by atoms with E-state index in [4.69, 9.17) is 5.73 Å². The molecular weight excluding hydrogens is 252 g/mol. The van der Waals surface area contributed by atoms with Crippen LogP contribution in [0.1, 0.15) is 25.5 Å². The molecule has 1 aromatic rings. The number of nitrogens with two attached hydrogens (primary N) is 1. The molecule has 7 heteroatoms. The van der Waals surface area contributed by atoms with Gasteiger partial charge in [0.1, 0.15) is 0 Å². The van der Waals surface area contributed by atoms with Crippen LogP contribution in [0.2, 0.25) is 0 Å².